The number of nitrogens with one attached hydrogen (secondary N) is 1. The molecule has 0 atom stereocenters. The number of carbonyl (C=O) groups is 1. The lowest BCUT2D eigenvalue weighted by molar-refractivity contribution is -0.122. The number of rotatable bonds is 4. The van der Waals surface area contributed by atoms with Gasteiger partial charge in [0.1, 0.15) is 0 Å². The summed E-state index contributed by atoms with van der Waals surface area (Å²) in [5.74, 6) is 0.0220. The van der Waals surface area contributed by atoms with Gasteiger partial charge >= 0.3 is 0 Å². The van der Waals surface area contributed by atoms with Crippen LogP contribution in [0.3, 0.4) is 0 Å². The standard InChI is InChI=1S/C12H24N2O2/c1-12(2)4-3-7-14(8-5-12)10-11(16)13-6-9-15/h15H,3-10H2,1-2H3,(H,13,16). The summed E-state index contributed by atoms with van der Waals surface area (Å²) in [6.45, 7) is 7.44. The van der Waals surface area contributed by atoms with Crippen LogP contribution in [0, 0.1) is 5.41 Å². The molecule has 0 aliphatic carbocycles. The molecule has 0 radical (unpaired) electrons. The Kier molecular flexibility index (Phi) is 5.22. The summed E-state index contributed by atoms with van der Waals surface area (Å²) in [7, 11) is 0. The van der Waals surface area contributed by atoms with Crippen LogP contribution >= 0.6 is 0 Å². The van der Waals surface area contributed by atoms with E-state index in [9.17, 15) is 4.79 Å². The summed E-state index contributed by atoms with van der Waals surface area (Å²) in [5.41, 5.74) is 0.413. The monoisotopic (exact) mass is 228 g/mol. The second-order valence-corrected chi connectivity index (χ2v) is 5.37. The van der Waals surface area contributed by atoms with E-state index in [0.717, 1.165) is 19.5 Å². The molecule has 1 amide bonds. The maximum absolute atomic E-state index is 11.5. The topological polar surface area (TPSA) is 52.6 Å². The van der Waals surface area contributed by atoms with E-state index in [1.165, 1.54) is 12.8 Å². The fraction of sp³-hybridized carbons (Fsp3) is 0.917. The molecule has 0 aromatic heterocycles. The van der Waals surface area contributed by atoms with Gasteiger partial charge < -0.3 is 10.4 Å². The van der Waals surface area contributed by atoms with E-state index in [4.69, 9.17) is 5.11 Å². The molecule has 1 aliphatic heterocycles. The first-order chi connectivity index (χ1) is 7.53. The highest BCUT2D eigenvalue weighted by Crippen LogP contribution is 2.29. The average Bonchev–Trinajstić information content (AvgIpc) is 2.37. The second kappa shape index (κ2) is 6.21. The molecule has 0 saturated carbocycles. The Balaban J connectivity index is 2.29. The molecule has 4 heteroatoms. The minimum absolute atomic E-state index is 0.0127. The molecular weight excluding hydrogens is 204 g/mol. The van der Waals surface area contributed by atoms with Crippen LogP contribution in [0.1, 0.15) is 33.1 Å². The molecule has 0 spiro atoms. The molecular formula is C12H24N2O2. The zero-order valence-electron chi connectivity index (χ0n) is 10.5. The Bertz CT molecular complexity index is 229. The SMILES string of the molecule is CC1(C)CCCN(CC(=O)NCCO)CC1. The molecule has 0 aromatic carbocycles. The predicted octanol–water partition coefficient (Wildman–Crippen LogP) is 0.607. The van der Waals surface area contributed by atoms with Gasteiger partial charge in [-0.3, -0.25) is 9.69 Å². The van der Waals surface area contributed by atoms with Crippen molar-refractivity contribution in [2.45, 2.75) is 33.1 Å². The van der Waals surface area contributed by atoms with Gasteiger partial charge in [-0.15, -0.1) is 0 Å². The van der Waals surface area contributed by atoms with Crippen LogP contribution in [-0.2, 0) is 4.79 Å². The van der Waals surface area contributed by atoms with Crippen molar-refractivity contribution in [1.82, 2.24) is 10.2 Å². The van der Waals surface area contributed by atoms with Crippen LogP contribution < -0.4 is 5.32 Å². The highest BCUT2D eigenvalue weighted by molar-refractivity contribution is 5.77. The fourth-order valence-electron chi connectivity index (χ4n) is 2.09. The first-order valence-electron chi connectivity index (χ1n) is 6.13. The molecule has 2 N–H and O–H groups in total. The van der Waals surface area contributed by atoms with E-state index in [1.807, 2.05) is 0 Å². The van der Waals surface area contributed by atoms with Crippen molar-refractivity contribution in [2.24, 2.45) is 5.41 Å². The van der Waals surface area contributed by atoms with E-state index < -0.39 is 0 Å². The minimum Gasteiger partial charge on any atom is -0.395 e. The van der Waals surface area contributed by atoms with Crippen molar-refractivity contribution in [3.63, 3.8) is 0 Å². The molecule has 4 nitrogen and oxygen atoms in total. The third-order valence-electron chi connectivity index (χ3n) is 3.23. The highest BCUT2D eigenvalue weighted by Gasteiger charge is 2.23. The summed E-state index contributed by atoms with van der Waals surface area (Å²) in [5, 5.41) is 11.3. The van der Waals surface area contributed by atoms with Crippen molar-refractivity contribution in [2.75, 3.05) is 32.8 Å². The lowest BCUT2D eigenvalue weighted by Crippen LogP contribution is -2.38. The number of hydrogen-bond acceptors (Lipinski definition) is 3. The summed E-state index contributed by atoms with van der Waals surface area (Å²) < 4.78 is 0. The zero-order chi connectivity index (χ0) is 12.0. The summed E-state index contributed by atoms with van der Waals surface area (Å²) >= 11 is 0. The normalized spacial score (nSPS) is 21.4. The molecule has 0 unspecified atom stereocenters. The van der Waals surface area contributed by atoms with E-state index in [2.05, 4.69) is 24.1 Å². The molecule has 1 heterocycles. The van der Waals surface area contributed by atoms with Crippen LogP contribution in [0.5, 0.6) is 0 Å². The summed E-state index contributed by atoms with van der Waals surface area (Å²) in [6, 6.07) is 0. The van der Waals surface area contributed by atoms with Crippen LogP contribution in [0.2, 0.25) is 0 Å². The van der Waals surface area contributed by atoms with Crippen molar-refractivity contribution in [3.05, 3.63) is 0 Å². The van der Waals surface area contributed by atoms with E-state index in [-0.39, 0.29) is 12.5 Å². The largest absolute Gasteiger partial charge is 0.395 e. The van der Waals surface area contributed by atoms with Gasteiger partial charge in [-0.2, -0.15) is 0 Å². The number of likely N-dealkylation sites (tertiary alicyclic amines) is 1. The van der Waals surface area contributed by atoms with Crippen molar-refractivity contribution in [1.29, 1.82) is 0 Å². The van der Waals surface area contributed by atoms with E-state index in [1.54, 1.807) is 0 Å². The average molecular weight is 228 g/mol. The first kappa shape index (κ1) is 13.5. The fourth-order valence-corrected chi connectivity index (χ4v) is 2.09. The van der Waals surface area contributed by atoms with Crippen molar-refractivity contribution < 1.29 is 9.90 Å². The van der Waals surface area contributed by atoms with Crippen LogP contribution in [0.4, 0.5) is 0 Å². The zero-order valence-corrected chi connectivity index (χ0v) is 10.5. The van der Waals surface area contributed by atoms with Crippen molar-refractivity contribution in [3.8, 4) is 0 Å². The molecule has 1 fully saturated rings. The predicted molar refractivity (Wildman–Crippen MR) is 64.2 cm³/mol. The molecule has 1 aliphatic rings. The summed E-state index contributed by atoms with van der Waals surface area (Å²) in [4.78, 5) is 13.7. The molecule has 94 valence electrons. The van der Waals surface area contributed by atoms with Crippen LogP contribution in [0.25, 0.3) is 0 Å². The van der Waals surface area contributed by atoms with Crippen LogP contribution in [-0.4, -0.2) is 48.7 Å². The number of hydrogen-bond donors (Lipinski definition) is 2. The lowest BCUT2D eigenvalue weighted by Gasteiger charge is -2.22. The van der Waals surface area contributed by atoms with Gasteiger partial charge in [0.2, 0.25) is 5.91 Å². The van der Waals surface area contributed by atoms with Gasteiger partial charge in [0.15, 0.2) is 0 Å². The Morgan fingerprint density at radius 1 is 1.38 bits per heavy atom. The van der Waals surface area contributed by atoms with Gasteiger partial charge in [-0.25, -0.2) is 0 Å². The highest BCUT2D eigenvalue weighted by atomic mass is 16.3. The van der Waals surface area contributed by atoms with E-state index in [0.29, 0.717) is 18.5 Å². The molecule has 1 rings (SSSR count). The van der Waals surface area contributed by atoms with Gasteiger partial charge in [0, 0.05) is 6.54 Å². The Morgan fingerprint density at radius 3 is 2.81 bits per heavy atom. The van der Waals surface area contributed by atoms with Gasteiger partial charge in [-0.1, -0.05) is 13.8 Å². The molecule has 16 heavy (non-hydrogen) atoms. The first-order valence-corrected chi connectivity index (χ1v) is 6.13. The lowest BCUT2D eigenvalue weighted by atomic mass is 9.85. The molecule has 1 saturated heterocycles. The van der Waals surface area contributed by atoms with Gasteiger partial charge in [0.25, 0.3) is 0 Å². The number of aliphatic hydroxyl groups excluding tert-OH is 1. The Labute approximate surface area is 98.0 Å². The number of nitrogens with zero attached hydrogens (tertiary/aromatic N) is 1. The van der Waals surface area contributed by atoms with Crippen LogP contribution in [0.15, 0.2) is 0 Å². The second-order valence-electron chi connectivity index (χ2n) is 5.37. The maximum Gasteiger partial charge on any atom is 0.234 e. The van der Waals surface area contributed by atoms with E-state index >= 15 is 0 Å². The molecule has 0 bridgehead atoms. The number of carbonyl (C=O) groups excluding carboxylic acids is 1. The Hall–Kier alpha value is -0.610. The maximum atomic E-state index is 11.5. The smallest absolute Gasteiger partial charge is 0.234 e. The minimum atomic E-state index is 0.0127. The third kappa shape index (κ3) is 4.94. The number of amides is 1. The number of aliphatic hydroxyl groups is 1. The molecule has 0 aromatic rings. The summed E-state index contributed by atoms with van der Waals surface area (Å²) in [6.07, 6.45) is 3.56. The quantitative estimate of drug-likeness (QED) is 0.741. The Morgan fingerprint density at radius 2 is 2.12 bits per heavy atom. The van der Waals surface area contributed by atoms with Gasteiger partial charge in [-0.05, 0) is 37.8 Å². The van der Waals surface area contributed by atoms with Gasteiger partial charge in [0.05, 0.1) is 13.2 Å². The van der Waals surface area contributed by atoms with Crippen molar-refractivity contribution >= 4 is 5.91 Å². The third-order valence-corrected chi connectivity index (χ3v) is 3.23.